The number of carbonyl (C=O) groups excluding carboxylic acids is 1. The molecule has 3 rings (SSSR count). The number of primary amides is 1. The van der Waals surface area contributed by atoms with Gasteiger partial charge in [-0.25, -0.2) is 4.68 Å². The van der Waals surface area contributed by atoms with Crippen LogP contribution >= 0.6 is 0 Å². The van der Waals surface area contributed by atoms with E-state index in [1.54, 1.807) is 0 Å². The Morgan fingerprint density at radius 3 is 2.86 bits per heavy atom. The molecule has 0 bridgehead atoms. The SMILES string of the molecule is NC(=O)C1CCCCN1Cc1cnn(-c2ccccc2)c1. The second-order valence-corrected chi connectivity index (χ2v) is 5.51. The van der Waals surface area contributed by atoms with Gasteiger partial charge in [0.1, 0.15) is 0 Å². The summed E-state index contributed by atoms with van der Waals surface area (Å²) in [6.45, 7) is 1.64. The minimum Gasteiger partial charge on any atom is -0.368 e. The molecule has 0 radical (unpaired) electrons. The van der Waals surface area contributed by atoms with E-state index in [9.17, 15) is 4.79 Å². The van der Waals surface area contributed by atoms with Crippen molar-refractivity contribution in [1.29, 1.82) is 0 Å². The van der Waals surface area contributed by atoms with Gasteiger partial charge in [-0.2, -0.15) is 5.10 Å². The van der Waals surface area contributed by atoms with E-state index in [-0.39, 0.29) is 11.9 Å². The topological polar surface area (TPSA) is 64.2 Å². The van der Waals surface area contributed by atoms with Crippen molar-refractivity contribution in [1.82, 2.24) is 14.7 Å². The van der Waals surface area contributed by atoms with Crippen molar-refractivity contribution in [2.24, 2.45) is 5.73 Å². The second-order valence-electron chi connectivity index (χ2n) is 5.51. The number of hydrogen-bond donors (Lipinski definition) is 1. The van der Waals surface area contributed by atoms with Gasteiger partial charge in [-0.05, 0) is 31.5 Å². The Balaban J connectivity index is 1.73. The number of rotatable bonds is 4. The third-order valence-corrected chi connectivity index (χ3v) is 3.98. The lowest BCUT2D eigenvalue weighted by Gasteiger charge is -2.33. The molecule has 5 heteroatoms. The molecule has 2 heterocycles. The summed E-state index contributed by atoms with van der Waals surface area (Å²) in [7, 11) is 0. The standard InChI is InChI=1S/C16H20N4O/c17-16(21)15-8-4-5-9-19(15)11-13-10-18-20(12-13)14-6-2-1-3-7-14/h1-3,6-7,10,12,15H,4-5,8-9,11H2,(H2,17,21). The molecule has 1 atom stereocenters. The first-order valence-corrected chi connectivity index (χ1v) is 7.36. The molecule has 2 N–H and O–H groups in total. The zero-order valence-corrected chi connectivity index (χ0v) is 12.0. The van der Waals surface area contributed by atoms with Crippen LogP contribution < -0.4 is 5.73 Å². The lowest BCUT2D eigenvalue weighted by molar-refractivity contribution is -0.124. The fraction of sp³-hybridized carbons (Fsp3) is 0.375. The lowest BCUT2D eigenvalue weighted by atomic mass is 10.0. The molecule has 1 aliphatic rings. The molecule has 5 nitrogen and oxygen atoms in total. The van der Waals surface area contributed by atoms with Crippen LogP contribution in [0.1, 0.15) is 24.8 Å². The molecule has 21 heavy (non-hydrogen) atoms. The van der Waals surface area contributed by atoms with Crippen LogP contribution in [-0.4, -0.2) is 33.2 Å². The van der Waals surface area contributed by atoms with Gasteiger partial charge in [-0.3, -0.25) is 9.69 Å². The summed E-state index contributed by atoms with van der Waals surface area (Å²) in [5.74, 6) is -0.217. The summed E-state index contributed by atoms with van der Waals surface area (Å²) >= 11 is 0. The number of aromatic nitrogens is 2. The number of para-hydroxylation sites is 1. The molecule has 1 amide bonds. The van der Waals surface area contributed by atoms with E-state index in [1.165, 1.54) is 0 Å². The summed E-state index contributed by atoms with van der Waals surface area (Å²) in [6.07, 6.45) is 6.94. The van der Waals surface area contributed by atoms with Gasteiger partial charge in [-0.15, -0.1) is 0 Å². The predicted octanol–water partition coefficient (Wildman–Crippen LogP) is 1.71. The van der Waals surface area contributed by atoms with Crippen LogP contribution in [0.4, 0.5) is 0 Å². The third-order valence-electron chi connectivity index (χ3n) is 3.98. The number of amides is 1. The largest absolute Gasteiger partial charge is 0.368 e. The van der Waals surface area contributed by atoms with E-state index in [2.05, 4.69) is 10.00 Å². The first-order valence-electron chi connectivity index (χ1n) is 7.36. The van der Waals surface area contributed by atoms with Gasteiger partial charge < -0.3 is 5.73 Å². The van der Waals surface area contributed by atoms with Crippen molar-refractivity contribution in [3.8, 4) is 5.69 Å². The van der Waals surface area contributed by atoms with E-state index in [1.807, 2.05) is 47.4 Å². The molecule has 1 aromatic carbocycles. The second kappa shape index (κ2) is 6.10. The molecule has 2 aromatic rings. The highest BCUT2D eigenvalue weighted by atomic mass is 16.1. The Morgan fingerprint density at radius 2 is 2.10 bits per heavy atom. The molecule has 1 saturated heterocycles. The smallest absolute Gasteiger partial charge is 0.234 e. The van der Waals surface area contributed by atoms with E-state index >= 15 is 0 Å². The van der Waals surface area contributed by atoms with E-state index in [4.69, 9.17) is 5.73 Å². The van der Waals surface area contributed by atoms with E-state index < -0.39 is 0 Å². The molecule has 0 aliphatic carbocycles. The van der Waals surface area contributed by atoms with Crippen molar-refractivity contribution in [2.75, 3.05) is 6.54 Å². The number of hydrogen-bond acceptors (Lipinski definition) is 3. The number of nitrogens with zero attached hydrogens (tertiary/aromatic N) is 3. The summed E-state index contributed by atoms with van der Waals surface area (Å²) in [6, 6.07) is 9.86. The average molecular weight is 284 g/mol. The first kappa shape index (κ1) is 13.8. The Kier molecular flexibility index (Phi) is 4.01. The molecule has 0 saturated carbocycles. The predicted molar refractivity (Wildman–Crippen MR) is 80.8 cm³/mol. The monoisotopic (exact) mass is 284 g/mol. The van der Waals surface area contributed by atoms with Gasteiger partial charge in [0.15, 0.2) is 0 Å². The Labute approximate surface area is 124 Å². The van der Waals surface area contributed by atoms with E-state index in [0.717, 1.165) is 43.6 Å². The first-order chi connectivity index (χ1) is 10.2. The van der Waals surface area contributed by atoms with Gasteiger partial charge in [0.2, 0.25) is 5.91 Å². The summed E-state index contributed by atoms with van der Waals surface area (Å²) in [4.78, 5) is 13.7. The number of likely N-dealkylation sites (tertiary alicyclic amines) is 1. The highest BCUT2D eigenvalue weighted by Crippen LogP contribution is 2.19. The fourth-order valence-corrected chi connectivity index (χ4v) is 2.90. The molecule has 1 unspecified atom stereocenters. The Hall–Kier alpha value is -2.14. The zero-order valence-electron chi connectivity index (χ0n) is 12.0. The van der Waals surface area contributed by atoms with Crippen LogP contribution in [0.15, 0.2) is 42.7 Å². The molecular weight excluding hydrogens is 264 g/mol. The van der Waals surface area contributed by atoms with Gasteiger partial charge in [-0.1, -0.05) is 24.6 Å². The Bertz CT molecular complexity index is 608. The van der Waals surface area contributed by atoms with Gasteiger partial charge >= 0.3 is 0 Å². The minimum atomic E-state index is -0.217. The molecule has 0 spiro atoms. The van der Waals surface area contributed by atoms with Crippen LogP contribution in [0.5, 0.6) is 0 Å². The van der Waals surface area contributed by atoms with Crippen LogP contribution in [-0.2, 0) is 11.3 Å². The number of piperidine rings is 1. The maximum absolute atomic E-state index is 11.5. The highest BCUT2D eigenvalue weighted by Gasteiger charge is 2.26. The summed E-state index contributed by atoms with van der Waals surface area (Å²) in [5, 5.41) is 4.40. The van der Waals surface area contributed by atoms with Crippen molar-refractivity contribution in [3.05, 3.63) is 48.3 Å². The molecule has 1 aromatic heterocycles. The molecule has 1 fully saturated rings. The minimum absolute atomic E-state index is 0.140. The van der Waals surface area contributed by atoms with Crippen LogP contribution in [0.2, 0.25) is 0 Å². The molecular formula is C16H20N4O. The third kappa shape index (κ3) is 3.13. The fourth-order valence-electron chi connectivity index (χ4n) is 2.90. The maximum atomic E-state index is 11.5. The van der Waals surface area contributed by atoms with Crippen LogP contribution in [0, 0.1) is 0 Å². The number of carbonyl (C=O) groups is 1. The van der Waals surface area contributed by atoms with Gasteiger partial charge in [0, 0.05) is 18.3 Å². The lowest BCUT2D eigenvalue weighted by Crippen LogP contribution is -2.47. The van der Waals surface area contributed by atoms with Crippen molar-refractivity contribution in [2.45, 2.75) is 31.8 Å². The van der Waals surface area contributed by atoms with Crippen LogP contribution in [0.25, 0.3) is 5.69 Å². The Morgan fingerprint density at radius 1 is 1.29 bits per heavy atom. The highest BCUT2D eigenvalue weighted by molar-refractivity contribution is 5.79. The average Bonchev–Trinajstić information content (AvgIpc) is 2.97. The number of nitrogens with two attached hydrogens (primary N) is 1. The van der Waals surface area contributed by atoms with Gasteiger partial charge in [0.05, 0.1) is 17.9 Å². The van der Waals surface area contributed by atoms with Crippen LogP contribution in [0.3, 0.4) is 0 Å². The molecule has 1 aliphatic heterocycles. The van der Waals surface area contributed by atoms with Crippen molar-refractivity contribution in [3.63, 3.8) is 0 Å². The summed E-state index contributed by atoms with van der Waals surface area (Å²) < 4.78 is 1.86. The normalized spacial score (nSPS) is 19.5. The maximum Gasteiger partial charge on any atom is 0.234 e. The zero-order chi connectivity index (χ0) is 14.7. The van der Waals surface area contributed by atoms with Gasteiger partial charge in [0.25, 0.3) is 0 Å². The summed E-state index contributed by atoms with van der Waals surface area (Å²) in [5.41, 5.74) is 7.65. The van der Waals surface area contributed by atoms with Crippen molar-refractivity contribution >= 4 is 5.91 Å². The quantitative estimate of drug-likeness (QED) is 0.929. The van der Waals surface area contributed by atoms with E-state index in [0.29, 0.717) is 0 Å². The molecule has 110 valence electrons. The number of benzene rings is 1. The van der Waals surface area contributed by atoms with Crippen molar-refractivity contribution < 1.29 is 4.79 Å².